The molecule has 0 aliphatic rings. The second-order valence-electron chi connectivity index (χ2n) is 4.86. The molecule has 5 nitrogen and oxygen atoms in total. The molecule has 0 aliphatic heterocycles. The van der Waals surface area contributed by atoms with Gasteiger partial charge in [-0.2, -0.15) is 0 Å². The van der Waals surface area contributed by atoms with Gasteiger partial charge in [-0.25, -0.2) is 8.42 Å². The maximum Gasteiger partial charge on any atom is 0.255 e. The lowest BCUT2D eigenvalue weighted by Crippen LogP contribution is -2.24. The molecule has 0 heterocycles. The molecular weight excluding hydrogens is 404 g/mol. The topological polar surface area (TPSA) is 66.5 Å². The molecule has 0 aromatic heterocycles. The number of halogens is 2. The predicted octanol–water partition coefficient (Wildman–Crippen LogP) is 3.75. The number of carbonyl (C=O) groups is 1. The second-order valence-corrected chi connectivity index (χ2v) is 8.14. The highest BCUT2D eigenvalue weighted by molar-refractivity contribution is 9.10. The third-order valence-corrected chi connectivity index (χ3v) is 5.61. The van der Waals surface area contributed by atoms with Crippen LogP contribution in [0.5, 0.6) is 0 Å². The van der Waals surface area contributed by atoms with Crippen LogP contribution in [0.3, 0.4) is 0 Å². The van der Waals surface area contributed by atoms with Crippen molar-refractivity contribution in [1.29, 1.82) is 0 Å². The fourth-order valence-corrected chi connectivity index (χ4v) is 2.72. The number of benzene rings is 2. The number of carbonyl (C=O) groups excluding carboxylic acids is 1. The van der Waals surface area contributed by atoms with Gasteiger partial charge in [0.1, 0.15) is 0 Å². The molecule has 0 saturated heterocycles. The molecule has 0 fully saturated rings. The molecule has 8 heteroatoms. The fourth-order valence-electron chi connectivity index (χ4n) is 1.79. The van der Waals surface area contributed by atoms with Crippen molar-refractivity contribution in [2.24, 2.45) is 0 Å². The normalized spacial score (nSPS) is 11.1. The summed E-state index contributed by atoms with van der Waals surface area (Å²) in [5.41, 5.74) is 1.46. The monoisotopic (exact) mass is 416 g/mol. The van der Waals surface area contributed by atoms with Crippen LogP contribution in [0.15, 0.2) is 46.9 Å². The van der Waals surface area contributed by atoms with E-state index in [1.165, 1.54) is 7.05 Å². The van der Waals surface area contributed by atoms with E-state index in [0.717, 1.165) is 15.0 Å². The number of amides is 1. The van der Waals surface area contributed by atoms with Crippen LogP contribution >= 0.6 is 27.5 Å². The SMILES string of the molecule is CN(c1ccc(C(=O)Nc2ccc(Br)c(Cl)c2)cc1)S(C)(=O)=O. The number of rotatable bonds is 4. The minimum atomic E-state index is -3.33. The fraction of sp³-hybridized carbons (Fsp3) is 0.133. The van der Waals surface area contributed by atoms with Gasteiger partial charge in [-0.1, -0.05) is 11.6 Å². The van der Waals surface area contributed by atoms with E-state index in [2.05, 4.69) is 21.2 Å². The Kier molecular flexibility index (Phi) is 5.33. The van der Waals surface area contributed by atoms with Gasteiger partial charge in [-0.15, -0.1) is 0 Å². The molecule has 2 aromatic rings. The van der Waals surface area contributed by atoms with Gasteiger partial charge >= 0.3 is 0 Å². The quantitative estimate of drug-likeness (QED) is 0.824. The summed E-state index contributed by atoms with van der Waals surface area (Å²) < 4.78 is 24.8. The van der Waals surface area contributed by atoms with Gasteiger partial charge in [-0.3, -0.25) is 9.10 Å². The number of hydrogen-bond acceptors (Lipinski definition) is 3. The molecule has 2 rings (SSSR count). The van der Waals surface area contributed by atoms with Crippen molar-refractivity contribution in [2.45, 2.75) is 0 Å². The molecule has 2 aromatic carbocycles. The summed E-state index contributed by atoms with van der Waals surface area (Å²) in [5.74, 6) is -0.308. The Bertz CT molecular complexity index is 838. The first-order valence-electron chi connectivity index (χ1n) is 6.49. The van der Waals surface area contributed by atoms with Crippen molar-refractivity contribution >= 4 is 54.8 Å². The maximum absolute atomic E-state index is 12.2. The summed E-state index contributed by atoms with van der Waals surface area (Å²) in [6.45, 7) is 0. The average molecular weight is 418 g/mol. The molecule has 0 saturated carbocycles. The summed E-state index contributed by atoms with van der Waals surface area (Å²) in [7, 11) is -1.88. The highest BCUT2D eigenvalue weighted by atomic mass is 79.9. The number of anilines is 2. The van der Waals surface area contributed by atoms with Gasteiger partial charge in [0.2, 0.25) is 10.0 Å². The Labute approximate surface area is 148 Å². The van der Waals surface area contributed by atoms with Crippen molar-refractivity contribution in [1.82, 2.24) is 0 Å². The highest BCUT2D eigenvalue weighted by Crippen LogP contribution is 2.26. The van der Waals surface area contributed by atoms with Crippen LogP contribution in [0.25, 0.3) is 0 Å². The smallest absolute Gasteiger partial charge is 0.255 e. The Morgan fingerprint density at radius 3 is 2.30 bits per heavy atom. The van der Waals surface area contributed by atoms with E-state index < -0.39 is 10.0 Å². The Hall–Kier alpha value is -1.57. The van der Waals surface area contributed by atoms with Crippen LogP contribution in [-0.2, 0) is 10.0 Å². The van der Waals surface area contributed by atoms with E-state index in [1.54, 1.807) is 42.5 Å². The molecule has 1 amide bonds. The molecule has 0 aliphatic carbocycles. The van der Waals surface area contributed by atoms with Gasteiger partial charge in [0.25, 0.3) is 5.91 Å². The average Bonchev–Trinajstić information content (AvgIpc) is 2.49. The molecule has 0 bridgehead atoms. The summed E-state index contributed by atoms with van der Waals surface area (Å²) >= 11 is 9.26. The Balaban J connectivity index is 2.15. The van der Waals surface area contributed by atoms with E-state index in [0.29, 0.717) is 22.0 Å². The van der Waals surface area contributed by atoms with Crippen molar-refractivity contribution in [3.63, 3.8) is 0 Å². The zero-order valence-electron chi connectivity index (χ0n) is 12.4. The molecule has 0 unspecified atom stereocenters. The zero-order valence-corrected chi connectivity index (χ0v) is 15.5. The Morgan fingerprint density at radius 1 is 1.17 bits per heavy atom. The van der Waals surface area contributed by atoms with Gasteiger partial charge in [0, 0.05) is 22.8 Å². The minimum Gasteiger partial charge on any atom is -0.322 e. The van der Waals surface area contributed by atoms with Gasteiger partial charge < -0.3 is 5.32 Å². The Morgan fingerprint density at radius 2 is 1.78 bits per heavy atom. The first-order chi connectivity index (χ1) is 10.7. The molecule has 0 spiro atoms. The summed E-state index contributed by atoms with van der Waals surface area (Å²) in [4.78, 5) is 12.2. The first-order valence-corrected chi connectivity index (χ1v) is 9.51. The van der Waals surface area contributed by atoms with E-state index >= 15 is 0 Å². The molecule has 23 heavy (non-hydrogen) atoms. The van der Waals surface area contributed by atoms with E-state index in [9.17, 15) is 13.2 Å². The van der Waals surface area contributed by atoms with Crippen molar-refractivity contribution < 1.29 is 13.2 Å². The lowest BCUT2D eigenvalue weighted by atomic mass is 10.2. The molecule has 0 radical (unpaired) electrons. The first kappa shape index (κ1) is 17.8. The highest BCUT2D eigenvalue weighted by Gasteiger charge is 2.13. The van der Waals surface area contributed by atoms with Crippen LogP contribution < -0.4 is 9.62 Å². The van der Waals surface area contributed by atoms with Crippen LogP contribution in [0, 0.1) is 0 Å². The summed E-state index contributed by atoms with van der Waals surface area (Å²) in [5, 5.41) is 3.22. The van der Waals surface area contributed by atoms with Crippen LogP contribution in [0.1, 0.15) is 10.4 Å². The molecule has 0 atom stereocenters. The summed E-state index contributed by atoms with van der Waals surface area (Å²) in [6.07, 6.45) is 1.12. The third kappa shape index (κ3) is 4.46. The van der Waals surface area contributed by atoms with Crippen molar-refractivity contribution in [2.75, 3.05) is 22.9 Å². The third-order valence-electron chi connectivity index (χ3n) is 3.17. The number of nitrogens with one attached hydrogen (secondary N) is 1. The molecule has 122 valence electrons. The van der Waals surface area contributed by atoms with Crippen LogP contribution in [-0.4, -0.2) is 27.6 Å². The number of nitrogens with zero attached hydrogens (tertiary/aromatic N) is 1. The molecule has 1 N–H and O–H groups in total. The van der Waals surface area contributed by atoms with Gasteiger partial charge in [0.05, 0.1) is 17.0 Å². The second kappa shape index (κ2) is 6.90. The minimum absolute atomic E-state index is 0.308. The lowest BCUT2D eigenvalue weighted by Gasteiger charge is -2.16. The van der Waals surface area contributed by atoms with Crippen molar-refractivity contribution in [3.8, 4) is 0 Å². The summed E-state index contributed by atoms with van der Waals surface area (Å²) in [6, 6.07) is 11.4. The van der Waals surface area contributed by atoms with Crippen LogP contribution in [0.2, 0.25) is 5.02 Å². The maximum atomic E-state index is 12.2. The largest absolute Gasteiger partial charge is 0.322 e. The predicted molar refractivity (Wildman–Crippen MR) is 96.8 cm³/mol. The van der Waals surface area contributed by atoms with Gasteiger partial charge in [-0.05, 0) is 58.4 Å². The van der Waals surface area contributed by atoms with Gasteiger partial charge in [0.15, 0.2) is 0 Å². The van der Waals surface area contributed by atoms with E-state index in [-0.39, 0.29) is 5.91 Å². The molecular formula is C15H14BrClN2O3S. The number of sulfonamides is 1. The van der Waals surface area contributed by atoms with E-state index in [1.807, 2.05) is 0 Å². The van der Waals surface area contributed by atoms with E-state index in [4.69, 9.17) is 11.6 Å². The number of hydrogen-bond donors (Lipinski definition) is 1. The van der Waals surface area contributed by atoms with Crippen molar-refractivity contribution in [3.05, 3.63) is 57.5 Å². The lowest BCUT2D eigenvalue weighted by molar-refractivity contribution is 0.102. The zero-order chi connectivity index (χ0) is 17.2. The standard InChI is InChI=1S/C15H14BrClN2O3S/c1-19(23(2,21)22)12-6-3-10(4-7-12)15(20)18-11-5-8-13(16)14(17)9-11/h3-9H,1-2H3,(H,18,20). The van der Waals surface area contributed by atoms with Crippen LogP contribution in [0.4, 0.5) is 11.4 Å².